The summed E-state index contributed by atoms with van der Waals surface area (Å²) >= 11 is 0. The Morgan fingerprint density at radius 2 is 1.48 bits per heavy atom. The fraction of sp³-hybridized carbons (Fsp3) is 0.222. The fourth-order valence-electron chi connectivity index (χ4n) is 2.84. The van der Waals surface area contributed by atoms with Crippen LogP contribution in [0.1, 0.15) is 13.8 Å². The largest absolute Gasteiger partial charge is 0.480 e. The van der Waals surface area contributed by atoms with Gasteiger partial charge in [-0.15, -0.1) is 0 Å². The van der Waals surface area contributed by atoms with Crippen molar-refractivity contribution in [1.82, 2.24) is 0 Å². The first-order valence-electron chi connectivity index (χ1n) is 7.55. The quantitative estimate of drug-likeness (QED) is 0.393. The summed E-state index contributed by atoms with van der Waals surface area (Å²) in [6, 6.07) is 14.1. The number of hydrogen-bond acceptors (Lipinski definition) is 3. The predicted octanol–water partition coefficient (Wildman–Crippen LogP) is 3.04. The van der Waals surface area contributed by atoms with Crippen molar-refractivity contribution in [2.75, 3.05) is 5.32 Å². The summed E-state index contributed by atoms with van der Waals surface area (Å²) in [5.41, 5.74) is 1.98. The molecule has 0 aliphatic rings. The van der Waals surface area contributed by atoms with Gasteiger partial charge in [-0.05, 0) is 18.1 Å². The van der Waals surface area contributed by atoms with Crippen molar-refractivity contribution in [3.8, 4) is 0 Å². The molecule has 3 N–H and O–H groups in total. The number of para-hydroxylation sites is 2. The first-order valence-corrected chi connectivity index (χ1v) is 7.55. The van der Waals surface area contributed by atoms with Crippen LogP contribution >= 0.6 is 0 Å². The summed E-state index contributed by atoms with van der Waals surface area (Å²) in [5, 5.41) is 24.7. The zero-order chi connectivity index (χ0) is 16.6. The van der Waals surface area contributed by atoms with Gasteiger partial charge in [0, 0.05) is 16.9 Å². The maximum Gasteiger partial charge on any atom is 0.326 e. The summed E-state index contributed by atoms with van der Waals surface area (Å²) in [4.78, 5) is 11.6. The molecule has 3 aromatic rings. The molecule has 0 saturated heterocycles. The van der Waals surface area contributed by atoms with Crippen LogP contribution in [0.4, 0.5) is 5.69 Å². The van der Waals surface area contributed by atoms with Crippen LogP contribution in [0.2, 0.25) is 0 Å². The van der Waals surface area contributed by atoms with Crippen LogP contribution in [0.15, 0.2) is 48.5 Å². The van der Waals surface area contributed by atoms with Crippen LogP contribution in [0, 0.1) is 5.92 Å². The number of carbonyl (C=O) groups is 1. The number of benzene rings is 2. The van der Waals surface area contributed by atoms with E-state index in [1.54, 1.807) is 12.1 Å². The molecule has 3 rings (SSSR count). The standard InChI is InChI=1S/C18H18N2O3/c1-11(2)16(18(21)22)19-17-12-7-3-5-9-14(12)20(23)15-10-6-4-8-13(15)17/h3-11,16,23H,1-2H3,(H,21,22)/p+1. The molecule has 1 aromatic heterocycles. The molecule has 5 nitrogen and oxygen atoms in total. The summed E-state index contributed by atoms with van der Waals surface area (Å²) in [7, 11) is 0. The number of aromatic nitrogens is 1. The maximum absolute atomic E-state index is 11.6. The van der Waals surface area contributed by atoms with Gasteiger partial charge in [0.15, 0.2) is 0 Å². The molecule has 2 aromatic carbocycles. The van der Waals surface area contributed by atoms with Crippen molar-refractivity contribution in [1.29, 1.82) is 0 Å². The minimum absolute atomic E-state index is 0.0773. The van der Waals surface area contributed by atoms with E-state index >= 15 is 0 Å². The average Bonchev–Trinajstić information content (AvgIpc) is 2.54. The number of anilines is 1. The molecule has 1 heterocycles. The summed E-state index contributed by atoms with van der Waals surface area (Å²) < 4.78 is 1.14. The van der Waals surface area contributed by atoms with Gasteiger partial charge in [-0.25, -0.2) is 4.79 Å². The lowest BCUT2D eigenvalue weighted by Crippen LogP contribution is -2.36. The number of fused-ring (bicyclic) bond motifs is 2. The van der Waals surface area contributed by atoms with Gasteiger partial charge in [0.25, 0.3) is 11.0 Å². The molecule has 5 heteroatoms. The topological polar surface area (TPSA) is 73.4 Å². The Kier molecular flexibility index (Phi) is 3.78. The van der Waals surface area contributed by atoms with E-state index in [0.717, 1.165) is 21.2 Å². The Labute approximate surface area is 133 Å². The summed E-state index contributed by atoms with van der Waals surface area (Å²) in [6.45, 7) is 3.73. The molecule has 0 bridgehead atoms. The fourth-order valence-corrected chi connectivity index (χ4v) is 2.84. The van der Waals surface area contributed by atoms with Crippen LogP contribution in [-0.2, 0) is 4.79 Å². The molecule has 0 saturated carbocycles. The SMILES string of the molecule is CC(C)C(Nc1c2ccccc2[n+](O)c2ccccc12)C(=O)O. The van der Waals surface area contributed by atoms with E-state index in [1.807, 2.05) is 50.2 Å². The Balaban J connectivity index is 2.32. The van der Waals surface area contributed by atoms with Crippen LogP contribution in [0.3, 0.4) is 0 Å². The van der Waals surface area contributed by atoms with Gasteiger partial charge in [0.1, 0.15) is 6.04 Å². The molecule has 0 amide bonds. The molecular weight excluding hydrogens is 292 g/mol. The Hall–Kier alpha value is -2.82. The lowest BCUT2D eigenvalue weighted by Gasteiger charge is -2.20. The number of nitrogens with one attached hydrogen (secondary N) is 1. The summed E-state index contributed by atoms with van der Waals surface area (Å²) in [6.07, 6.45) is 0. The van der Waals surface area contributed by atoms with Crippen molar-refractivity contribution >= 4 is 33.5 Å². The third-order valence-electron chi connectivity index (χ3n) is 4.04. The van der Waals surface area contributed by atoms with E-state index < -0.39 is 12.0 Å². The molecule has 0 spiro atoms. The van der Waals surface area contributed by atoms with Gasteiger partial charge < -0.3 is 10.4 Å². The van der Waals surface area contributed by atoms with Crippen molar-refractivity contribution < 1.29 is 19.8 Å². The first-order chi connectivity index (χ1) is 11.0. The number of pyridine rings is 1. The Bertz CT molecular complexity index is 833. The number of rotatable bonds is 4. The maximum atomic E-state index is 11.6. The minimum Gasteiger partial charge on any atom is -0.480 e. The van der Waals surface area contributed by atoms with E-state index in [4.69, 9.17) is 0 Å². The highest BCUT2D eigenvalue weighted by Gasteiger charge is 2.26. The zero-order valence-electron chi connectivity index (χ0n) is 13.0. The highest BCUT2D eigenvalue weighted by molar-refractivity contribution is 6.05. The second kappa shape index (κ2) is 5.76. The number of carboxylic acid groups (broad SMARTS) is 1. The first kappa shape index (κ1) is 15.1. The molecule has 0 fully saturated rings. The second-order valence-corrected chi connectivity index (χ2v) is 5.93. The van der Waals surface area contributed by atoms with Crippen LogP contribution in [-0.4, -0.2) is 22.3 Å². The molecule has 1 atom stereocenters. The van der Waals surface area contributed by atoms with Gasteiger partial charge >= 0.3 is 5.97 Å². The molecule has 0 radical (unpaired) electrons. The number of aliphatic carboxylic acids is 1. The van der Waals surface area contributed by atoms with Crippen LogP contribution in [0.5, 0.6) is 0 Å². The van der Waals surface area contributed by atoms with Gasteiger partial charge in [0.05, 0.1) is 16.5 Å². The van der Waals surface area contributed by atoms with Crippen LogP contribution in [0.25, 0.3) is 21.8 Å². The van der Waals surface area contributed by atoms with E-state index in [1.165, 1.54) is 0 Å². The number of nitrogens with zero attached hydrogens (tertiary/aromatic N) is 1. The van der Waals surface area contributed by atoms with Crippen LogP contribution < -0.4 is 10.0 Å². The Morgan fingerprint density at radius 3 is 1.91 bits per heavy atom. The third-order valence-corrected chi connectivity index (χ3v) is 4.04. The van der Waals surface area contributed by atoms with Gasteiger partial charge in [-0.1, -0.05) is 38.1 Å². The molecule has 118 valence electrons. The molecule has 23 heavy (non-hydrogen) atoms. The van der Waals surface area contributed by atoms with E-state index in [2.05, 4.69) is 5.32 Å². The molecular formula is C18H19N2O3+. The monoisotopic (exact) mass is 311 g/mol. The zero-order valence-corrected chi connectivity index (χ0v) is 13.0. The second-order valence-electron chi connectivity index (χ2n) is 5.93. The normalized spacial score (nSPS) is 12.7. The van der Waals surface area contributed by atoms with Crippen molar-refractivity contribution in [3.63, 3.8) is 0 Å². The van der Waals surface area contributed by atoms with Gasteiger partial charge in [-0.2, -0.15) is 0 Å². The van der Waals surface area contributed by atoms with Gasteiger partial charge in [0.2, 0.25) is 0 Å². The lowest BCUT2D eigenvalue weighted by molar-refractivity contribution is -0.864. The molecule has 0 aliphatic carbocycles. The smallest absolute Gasteiger partial charge is 0.326 e. The summed E-state index contributed by atoms with van der Waals surface area (Å²) in [5.74, 6) is -0.972. The number of carboxylic acids is 1. The van der Waals surface area contributed by atoms with Gasteiger partial charge in [-0.3, -0.25) is 5.21 Å². The highest BCUT2D eigenvalue weighted by Crippen LogP contribution is 2.30. The molecule has 0 aliphatic heterocycles. The molecule has 1 unspecified atom stereocenters. The lowest BCUT2D eigenvalue weighted by atomic mass is 10.0. The average molecular weight is 311 g/mol. The van der Waals surface area contributed by atoms with E-state index in [9.17, 15) is 15.1 Å². The minimum atomic E-state index is -0.895. The van der Waals surface area contributed by atoms with E-state index in [-0.39, 0.29) is 5.92 Å². The van der Waals surface area contributed by atoms with E-state index in [0.29, 0.717) is 11.0 Å². The van der Waals surface area contributed by atoms with Crippen molar-refractivity contribution in [2.24, 2.45) is 5.92 Å². The van der Waals surface area contributed by atoms with Crippen molar-refractivity contribution in [3.05, 3.63) is 48.5 Å². The Morgan fingerprint density at radius 1 is 1.00 bits per heavy atom. The third kappa shape index (κ3) is 2.54. The highest BCUT2D eigenvalue weighted by atomic mass is 16.5. The van der Waals surface area contributed by atoms with Crippen molar-refractivity contribution in [2.45, 2.75) is 19.9 Å². The number of hydrogen-bond donors (Lipinski definition) is 3. The predicted molar refractivity (Wildman–Crippen MR) is 88.7 cm³/mol.